The Hall–Kier alpha value is -2.01. The smallest absolute Gasteiger partial charge is 0.335 e. The third kappa shape index (κ3) is 2.62. The summed E-state index contributed by atoms with van der Waals surface area (Å²) >= 11 is 0. The molecule has 1 aromatic carbocycles. The quantitative estimate of drug-likeness (QED) is 0.798. The Morgan fingerprint density at radius 2 is 2.22 bits per heavy atom. The van der Waals surface area contributed by atoms with E-state index in [0.717, 1.165) is 5.39 Å². The van der Waals surface area contributed by atoms with Gasteiger partial charge in [0.15, 0.2) is 0 Å². The molecule has 1 N–H and O–H groups in total. The second-order valence-electron chi connectivity index (χ2n) is 3.66. The molecule has 0 saturated heterocycles. The molecule has 5 nitrogen and oxygen atoms in total. The molecule has 0 aliphatic carbocycles. The molecular weight excluding hydrogens is 236 g/mol. The van der Waals surface area contributed by atoms with Crippen molar-refractivity contribution in [3.05, 3.63) is 30.0 Å². The minimum Gasteiger partial charge on any atom is -0.490 e. The largest absolute Gasteiger partial charge is 0.490 e. The van der Waals surface area contributed by atoms with Crippen molar-refractivity contribution < 1.29 is 23.8 Å². The standard InChI is InChI=1S/C13H14O5/c1-2-16-5-6-18-12-8-9(13(14)15)7-11-10(12)3-4-17-11/h3-4,7-8H,2,5-6H2,1H3,(H,14,15). The van der Waals surface area contributed by atoms with Crippen LogP contribution in [0.1, 0.15) is 17.3 Å². The number of fused-ring (bicyclic) bond motifs is 1. The fourth-order valence-electron chi connectivity index (χ4n) is 1.64. The van der Waals surface area contributed by atoms with E-state index in [-0.39, 0.29) is 5.56 Å². The molecule has 2 rings (SSSR count). The van der Waals surface area contributed by atoms with Gasteiger partial charge in [0.05, 0.1) is 23.8 Å². The highest BCUT2D eigenvalue weighted by Gasteiger charge is 2.12. The molecule has 96 valence electrons. The molecule has 18 heavy (non-hydrogen) atoms. The minimum absolute atomic E-state index is 0.142. The maximum absolute atomic E-state index is 11.0. The van der Waals surface area contributed by atoms with Crippen LogP contribution in [0, 0.1) is 0 Å². The zero-order valence-electron chi connectivity index (χ0n) is 10.0. The third-order valence-corrected chi connectivity index (χ3v) is 2.47. The van der Waals surface area contributed by atoms with E-state index < -0.39 is 5.97 Å². The summed E-state index contributed by atoms with van der Waals surface area (Å²) in [6.45, 7) is 3.36. The summed E-state index contributed by atoms with van der Waals surface area (Å²) < 4.78 is 15.9. The number of furan rings is 1. The first kappa shape index (κ1) is 12.4. The Morgan fingerprint density at radius 3 is 2.94 bits per heavy atom. The number of carboxylic acids is 1. The van der Waals surface area contributed by atoms with E-state index in [1.165, 1.54) is 18.4 Å². The fraction of sp³-hybridized carbons (Fsp3) is 0.308. The highest BCUT2D eigenvalue weighted by molar-refractivity contribution is 5.95. The summed E-state index contributed by atoms with van der Waals surface area (Å²) in [6, 6.07) is 4.72. The number of hydrogen-bond acceptors (Lipinski definition) is 4. The van der Waals surface area contributed by atoms with Gasteiger partial charge in [-0.25, -0.2) is 4.79 Å². The Labute approximate surface area is 104 Å². The predicted octanol–water partition coefficient (Wildman–Crippen LogP) is 2.55. The molecular formula is C13H14O5. The lowest BCUT2D eigenvalue weighted by atomic mass is 10.1. The summed E-state index contributed by atoms with van der Waals surface area (Å²) in [5, 5.41) is 9.75. The number of ether oxygens (including phenoxy) is 2. The number of benzene rings is 1. The highest BCUT2D eigenvalue weighted by atomic mass is 16.5. The van der Waals surface area contributed by atoms with Gasteiger partial charge in [-0.05, 0) is 25.1 Å². The van der Waals surface area contributed by atoms with Crippen LogP contribution in [0.15, 0.2) is 28.9 Å². The molecule has 0 aliphatic heterocycles. The Morgan fingerprint density at radius 1 is 1.39 bits per heavy atom. The maximum Gasteiger partial charge on any atom is 0.335 e. The summed E-state index contributed by atoms with van der Waals surface area (Å²) in [6.07, 6.45) is 1.51. The summed E-state index contributed by atoms with van der Waals surface area (Å²) in [5.74, 6) is -0.513. The minimum atomic E-state index is -1.01. The van der Waals surface area contributed by atoms with Gasteiger partial charge in [0, 0.05) is 6.61 Å². The number of aromatic carboxylic acids is 1. The normalized spacial score (nSPS) is 10.7. The van der Waals surface area contributed by atoms with Crippen LogP contribution in [0.2, 0.25) is 0 Å². The number of hydrogen-bond donors (Lipinski definition) is 1. The molecule has 1 aromatic heterocycles. The molecule has 0 aliphatic rings. The van der Waals surface area contributed by atoms with Gasteiger partial charge in [-0.3, -0.25) is 0 Å². The van der Waals surface area contributed by atoms with E-state index in [1.54, 1.807) is 6.07 Å². The molecule has 0 saturated carbocycles. The van der Waals surface area contributed by atoms with Gasteiger partial charge in [-0.2, -0.15) is 0 Å². The summed E-state index contributed by atoms with van der Waals surface area (Å²) in [4.78, 5) is 11.0. The second-order valence-corrected chi connectivity index (χ2v) is 3.66. The molecule has 0 atom stereocenters. The Bertz CT molecular complexity index is 543. The van der Waals surface area contributed by atoms with Gasteiger partial charge in [0.2, 0.25) is 0 Å². The lowest BCUT2D eigenvalue weighted by Crippen LogP contribution is -2.07. The van der Waals surface area contributed by atoms with Crippen molar-refractivity contribution in [3.63, 3.8) is 0 Å². The molecule has 5 heteroatoms. The van der Waals surface area contributed by atoms with Crippen molar-refractivity contribution in [2.45, 2.75) is 6.92 Å². The number of rotatable bonds is 6. The first-order valence-electron chi connectivity index (χ1n) is 5.67. The lowest BCUT2D eigenvalue weighted by Gasteiger charge is -2.08. The van der Waals surface area contributed by atoms with Crippen LogP contribution in [0.25, 0.3) is 11.0 Å². The van der Waals surface area contributed by atoms with Gasteiger partial charge in [-0.1, -0.05) is 0 Å². The Balaban J connectivity index is 2.23. The van der Waals surface area contributed by atoms with Crippen molar-refractivity contribution in [1.29, 1.82) is 0 Å². The molecule has 0 amide bonds. The molecule has 1 heterocycles. The average Bonchev–Trinajstić information content (AvgIpc) is 2.82. The van der Waals surface area contributed by atoms with Gasteiger partial charge >= 0.3 is 5.97 Å². The van der Waals surface area contributed by atoms with E-state index in [4.69, 9.17) is 19.0 Å². The summed E-state index contributed by atoms with van der Waals surface area (Å²) in [7, 11) is 0. The number of carboxylic acid groups (broad SMARTS) is 1. The van der Waals surface area contributed by atoms with Crippen molar-refractivity contribution in [3.8, 4) is 5.75 Å². The monoisotopic (exact) mass is 250 g/mol. The van der Waals surface area contributed by atoms with E-state index in [1.807, 2.05) is 6.92 Å². The van der Waals surface area contributed by atoms with Gasteiger partial charge < -0.3 is 19.0 Å². The average molecular weight is 250 g/mol. The van der Waals surface area contributed by atoms with E-state index >= 15 is 0 Å². The van der Waals surface area contributed by atoms with Crippen LogP contribution in [-0.4, -0.2) is 30.9 Å². The maximum atomic E-state index is 11.0. The van der Waals surface area contributed by atoms with Crippen molar-refractivity contribution in [2.24, 2.45) is 0 Å². The molecule has 0 bridgehead atoms. The SMILES string of the molecule is CCOCCOc1cc(C(=O)O)cc2occc12. The second kappa shape index (κ2) is 5.55. The Kier molecular flexibility index (Phi) is 3.84. The van der Waals surface area contributed by atoms with Gasteiger partial charge in [0.25, 0.3) is 0 Å². The van der Waals surface area contributed by atoms with E-state index in [9.17, 15) is 4.79 Å². The molecule has 2 aromatic rings. The number of carbonyl (C=O) groups is 1. The molecule has 0 unspecified atom stereocenters. The first-order valence-corrected chi connectivity index (χ1v) is 5.67. The highest BCUT2D eigenvalue weighted by Crippen LogP contribution is 2.28. The molecule has 0 fully saturated rings. The van der Waals surface area contributed by atoms with Crippen molar-refractivity contribution in [1.82, 2.24) is 0 Å². The van der Waals surface area contributed by atoms with Crippen molar-refractivity contribution in [2.75, 3.05) is 19.8 Å². The van der Waals surface area contributed by atoms with Gasteiger partial charge in [-0.15, -0.1) is 0 Å². The van der Waals surface area contributed by atoms with Crippen molar-refractivity contribution >= 4 is 16.9 Å². The molecule has 0 radical (unpaired) electrons. The topological polar surface area (TPSA) is 68.9 Å². The van der Waals surface area contributed by atoms with E-state index in [0.29, 0.717) is 31.2 Å². The van der Waals surface area contributed by atoms with Crippen LogP contribution in [0.4, 0.5) is 0 Å². The third-order valence-electron chi connectivity index (χ3n) is 2.47. The fourth-order valence-corrected chi connectivity index (χ4v) is 1.64. The van der Waals surface area contributed by atoms with Crippen LogP contribution in [0.5, 0.6) is 5.75 Å². The van der Waals surface area contributed by atoms with Crippen LogP contribution in [-0.2, 0) is 4.74 Å². The van der Waals surface area contributed by atoms with Crippen LogP contribution < -0.4 is 4.74 Å². The van der Waals surface area contributed by atoms with Crippen LogP contribution >= 0.6 is 0 Å². The van der Waals surface area contributed by atoms with Crippen LogP contribution in [0.3, 0.4) is 0 Å². The van der Waals surface area contributed by atoms with E-state index in [2.05, 4.69) is 0 Å². The molecule has 0 spiro atoms. The first-order chi connectivity index (χ1) is 8.72. The predicted molar refractivity (Wildman–Crippen MR) is 65.2 cm³/mol. The van der Waals surface area contributed by atoms with Gasteiger partial charge in [0.1, 0.15) is 17.9 Å². The summed E-state index contributed by atoms with van der Waals surface area (Å²) in [5.41, 5.74) is 0.644. The zero-order valence-corrected chi connectivity index (χ0v) is 10.0. The zero-order chi connectivity index (χ0) is 13.0. The lowest BCUT2D eigenvalue weighted by molar-refractivity contribution is 0.0696.